The Balaban J connectivity index is 1.39. The van der Waals surface area contributed by atoms with Crippen LogP contribution < -0.4 is 5.32 Å². The molecule has 1 heterocycles. The van der Waals surface area contributed by atoms with Gasteiger partial charge in [0.25, 0.3) is 5.91 Å². The van der Waals surface area contributed by atoms with Crippen LogP contribution in [0.3, 0.4) is 0 Å². The van der Waals surface area contributed by atoms with Crippen molar-refractivity contribution in [1.82, 2.24) is 9.88 Å². The maximum Gasteiger partial charge on any atom is 0.416 e. The number of nitrogens with one attached hydrogen (secondary N) is 1. The molecule has 10 heteroatoms. The number of carboxylic acid groups (broad SMARTS) is 1. The van der Waals surface area contributed by atoms with Crippen LogP contribution in [0.1, 0.15) is 40.7 Å². The number of benzene rings is 3. The van der Waals surface area contributed by atoms with Gasteiger partial charge in [0.15, 0.2) is 0 Å². The summed E-state index contributed by atoms with van der Waals surface area (Å²) in [6, 6.07) is 12.7. The minimum Gasteiger partial charge on any atom is -0.481 e. The van der Waals surface area contributed by atoms with E-state index in [0.717, 1.165) is 30.3 Å². The molecule has 0 atom stereocenters. The minimum atomic E-state index is -4.46. The third-order valence-electron chi connectivity index (χ3n) is 7.80. The molecule has 4 aromatic rings. The zero-order valence-corrected chi connectivity index (χ0v) is 20.3. The lowest BCUT2D eigenvalue weighted by Gasteiger charge is -2.67. The summed E-state index contributed by atoms with van der Waals surface area (Å²) in [5.41, 5.74) is -0.280. The zero-order valence-electron chi connectivity index (χ0n) is 20.3. The summed E-state index contributed by atoms with van der Waals surface area (Å²) < 4.78 is 68.6. The lowest BCUT2D eigenvalue weighted by Crippen LogP contribution is -2.77. The van der Waals surface area contributed by atoms with Crippen LogP contribution >= 0.6 is 0 Å². The molecule has 3 aromatic carbocycles. The Hall–Kier alpha value is -4.21. The quantitative estimate of drug-likeness (QED) is 0.279. The summed E-state index contributed by atoms with van der Waals surface area (Å²) in [5, 5.41) is 13.0. The number of rotatable bonds is 6. The SMILES string of the molecule is O=C(NC12CC(C(=O)O)(C1)C2)c1cc(-c2cc(F)cc(F)c2)cc2ccn(Cc3ccc(C(F)(F)F)cc3)c12. The fourth-order valence-electron chi connectivity index (χ4n) is 5.99. The lowest BCUT2D eigenvalue weighted by atomic mass is 9.39. The summed E-state index contributed by atoms with van der Waals surface area (Å²) in [6.07, 6.45) is -1.80. The summed E-state index contributed by atoms with van der Waals surface area (Å²) >= 11 is 0. The van der Waals surface area contributed by atoms with Gasteiger partial charge in [-0.25, -0.2) is 8.78 Å². The number of carboxylic acids is 1. The van der Waals surface area contributed by atoms with Gasteiger partial charge in [0.05, 0.1) is 22.1 Å². The zero-order chi connectivity index (χ0) is 27.7. The Bertz CT molecular complexity index is 1620. The predicted molar refractivity (Wildman–Crippen MR) is 132 cm³/mol. The molecule has 0 unspecified atom stereocenters. The summed E-state index contributed by atoms with van der Waals surface area (Å²) in [6.45, 7) is 0.170. The second-order valence-electron chi connectivity index (χ2n) is 10.6. The van der Waals surface area contributed by atoms with E-state index in [0.29, 0.717) is 41.3 Å². The van der Waals surface area contributed by atoms with Gasteiger partial charge in [-0.15, -0.1) is 0 Å². The summed E-state index contributed by atoms with van der Waals surface area (Å²) in [7, 11) is 0. The highest BCUT2D eigenvalue weighted by Gasteiger charge is 2.72. The molecule has 3 fully saturated rings. The molecule has 200 valence electrons. The molecule has 3 saturated carbocycles. The average molecular weight is 540 g/mol. The average Bonchev–Trinajstić information content (AvgIpc) is 3.21. The molecule has 3 aliphatic rings. The Morgan fingerprint density at radius 2 is 1.51 bits per heavy atom. The van der Waals surface area contributed by atoms with Crippen molar-refractivity contribution in [3.8, 4) is 11.1 Å². The molecule has 0 saturated heterocycles. The van der Waals surface area contributed by atoms with Crippen molar-refractivity contribution in [3.05, 3.63) is 95.2 Å². The molecule has 2 N–H and O–H groups in total. The van der Waals surface area contributed by atoms with Crippen LogP contribution in [0.2, 0.25) is 0 Å². The number of alkyl halides is 3. The number of aromatic nitrogens is 1. The number of halogens is 5. The van der Waals surface area contributed by atoms with E-state index in [2.05, 4.69) is 5.32 Å². The van der Waals surface area contributed by atoms with Gasteiger partial charge in [0.2, 0.25) is 0 Å². The van der Waals surface area contributed by atoms with Crippen molar-refractivity contribution < 1.29 is 36.6 Å². The van der Waals surface area contributed by atoms with Gasteiger partial charge in [0.1, 0.15) is 11.6 Å². The molecule has 2 bridgehead atoms. The first-order valence-electron chi connectivity index (χ1n) is 12.2. The van der Waals surface area contributed by atoms with Crippen LogP contribution in [0.5, 0.6) is 0 Å². The molecule has 1 aromatic heterocycles. The minimum absolute atomic E-state index is 0.170. The molecule has 3 aliphatic carbocycles. The van der Waals surface area contributed by atoms with E-state index in [1.807, 2.05) is 0 Å². The van der Waals surface area contributed by atoms with Crippen LogP contribution in [0.15, 0.2) is 66.9 Å². The van der Waals surface area contributed by atoms with Crippen LogP contribution in [-0.2, 0) is 17.5 Å². The largest absolute Gasteiger partial charge is 0.481 e. The fourth-order valence-corrected chi connectivity index (χ4v) is 5.99. The van der Waals surface area contributed by atoms with E-state index in [-0.39, 0.29) is 17.7 Å². The Kier molecular flexibility index (Phi) is 5.40. The van der Waals surface area contributed by atoms with E-state index in [9.17, 15) is 36.6 Å². The van der Waals surface area contributed by atoms with Gasteiger partial charge in [-0.3, -0.25) is 9.59 Å². The number of fused-ring (bicyclic) bond motifs is 1. The highest BCUT2D eigenvalue weighted by Crippen LogP contribution is 2.67. The van der Waals surface area contributed by atoms with Crippen molar-refractivity contribution in [1.29, 1.82) is 0 Å². The van der Waals surface area contributed by atoms with Crippen molar-refractivity contribution in [2.75, 3.05) is 0 Å². The fraction of sp³-hybridized carbons (Fsp3) is 0.241. The number of hydrogen-bond acceptors (Lipinski definition) is 2. The van der Waals surface area contributed by atoms with Gasteiger partial charge >= 0.3 is 12.1 Å². The second kappa shape index (κ2) is 8.39. The van der Waals surface area contributed by atoms with Gasteiger partial charge in [-0.1, -0.05) is 12.1 Å². The normalized spacial score (nSPS) is 21.8. The van der Waals surface area contributed by atoms with Gasteiger partial charge < -0.3 is 15.0 Å². The van der Waals surface area contributed by atoms with Crippen LogP contribution in [0.25, 0.3) is 22.0 Å². The van der Waals surface area contributed by atoms with Crippen molar-refractivity contribution in [3.63, 3.8) is 0 Å². The first kappa shape index (κ1) is 25.1. The molecule has 5 nitrogen and oxygen atoms in total. The Labute approximate surface area is 218 Å². The highest BCUT2D eigenvalue weighted by molar-refractivity contribution is 6.08. The Morgan fingerprint density at radius 1 is 0.897 bits per heavy atom. The number of carbonyl (C=O) groups excluding carboxylic acids is 1. The molecule has 0 radical (unpaired) electrons. The number of carbonyl (C=O) groups is 2. The third kappa shape index (κ3) is 4.24. The van der Waals surface area contributed by atoms with Crippen molar-refractivity contribution in [2.45, 2.75) is 37.5 Å². The smallest absolute Gasteiger partial charge is 0.416 e. The van der Waals surface area contributed by atoms with E-state index < -0.39 is 46.2 Å². The van der Waals surface area contributed by atoms with E-state index in [4.69, 9.17) is 0 Å². The number of amides is 1. The van der Waals surface area contributed by atoms with Crippen molar-refractivity contribution in [2.24, 2.45) is 5.41 Å². The number of nitrogens with zero attached hydrogens (tertiary/aromatic N) is 1. The van der Waals surface area contributed by atoms with E-state index in [1.165, 1.54) is 18.2 Å². The molecule has 39 heavy (non-hydrogen) atoms. The first-order valence-corrected chi connectivity index (χ1v) is 12.2. The van der Waals surface area contributed by atoms with E-state index in [1.54, 1.807) is 22.9 Å². The lowest BCUT2D eigenvalue weighted by molar-refractivity contribution is -0.196. The van der Waals surface area contributed by atoms with Crippen LogP contribution in [0, 0.1) is 17.0 Å². The van der Waals surface area contributed by atoms with Gasteiger partial charge in [-0.05, 0) is 78.4 Å². The summed E-state index contributed by atoms with van der Waals surface area (Å²) in [4.78, 5) is 25.1. The third-order valence-corrected chi connectivity index (χ3v) is 7.80. The maximum absolute atomic E-state index is 14.0. The Morgan fingerprint density at radius 3 is 2.10 bits per heavy atom. The standard InChI is InChI=1S/C29H21F5N2O3/c30-21-8-19(9-22(31)11-21)18-7-17-5-6-36(12-16-1-3-20(4-2-16)29(32,33)34)24(17)23(10-18)25(37)35-28-13-27(14-28,15-28)26(38)39/h1-11H,12-15H2,(H,35,37)(H,38,39). The first-order chi connectivity index (χ1) is 18.4. The van der Waals surface area contributed by atoms with Crippen LogP contribution in [-0.4, -0.2) is 27.1 Å². The molecular formula is C29H21F5N2O3. The van der Waals surface area contributed by atoms with E-state index >= 15 is 0 Å². The monoisotopic (exact) mass is 540 g/mol. The second-order valence-corrected chi connectivity index (χ2v) is 10.6. The van der Waals surface area contributed by atoms with Gasteiger partial charge in [0, 0.05) is 29.7 Å². The number of hydrogen-bond donors (Lipinski definition) is 2. The highest BCUT2D eigenvalue weighted by atomic mass is 19.4. The molecule has 0 spiro atoms. The predicted octanol–water partition coefficient (Wildman–Crippen LogP) is 6.39. The molecule has 1 amide bonds. The van der Waals surface area contributed by atoms with Gasteiger partial charge in [-0.2, -0.15) is 13.2 Å². The van der Waals surface area contributed by atoms with Crippen LogP contribution in [0.4, 0.5) is 22.0 Å². The molecule has 0 aliphatic heterocycles. The maximum atomic E-state index is 14.0. The molecular weight excluding hydrogens is 519 g/mol. The number of aliphatic carboxylic acids is 1. The molecule has 7 rings (SSSR count). The van der Waals surface area contributed by atoms with Crippen molar-refractivity contribution >= 4 is 22.8 Å². The topological polar surface area (TPSA) is 71.3 Å². The summed E-state index contributed by atoms with van der Waals surface area (Å²) in [5.74, 6) is -2.90.